The van der Waals surface area contributed by atoms with E-state index >= 15 is 0 Å². The van der Waals surface area contributed by atoms with Crippen LogP contribution in [-0.4, -0.2) is 21.1 Å². The van der Waals surface area contributed by atoms with Gasteiger partial charge >= 0.3 is 0 Å². The summed E-state index contributed by atoms with van der Waals surface area (Å²) in [5.74, 6) is -0.128. The topological polar surface area (TPSA) is 49.4 Å². The number of rotatable bonds is 5. The summed E-state index contributed by atoms with van der Waals surface area (Å²) in [6.07, 6.45) is 1.99. The molecule has 0 aliphatic carbocycles. The molecule has 27 heavy (non-hydrogen) atoms. The van der Waals surface area contributed by atoms with Gasteiger partial charge in [-0.3, -0.25) is 15.0 Å². The number of amides is 2. The summed E-state index contributed by atoms with van der Waals surface area (Å²) in [5.41, 5.74) is 5.65. The van der Waals surface area contributed by atoms with E-state index in [4.69, 9.17) is 12.2 Å². The first kappa shape index (κ1) is 19.3. The lowest BCUT2D eigenvalue weighted by atomic mass is 10.0. The van der Waals surface area contributed by atoms with Crippen molar-refractivity contribution >= 4 is 46.2 Å². The van der Waals surface area contributed by atoms with E-state index in [1.54, 1.807) is 6.08 Å². The van der Waals surface area contributed by atoms with Crippen LogP contribution >= 0.6 is 24.0 Å². The first-order chi connectivity index (χ1) is 12.9. The van der Waals surface area contributed by atoms with Crippen LogP contribution in [0.2, 0.25) is 0 Å². The molecule has 1 aliphatic heterocycles. The molecule has 1 aliphatic rings. The zero-order chi connectivity index (χ0) is 19.4. The van der Waals surface area contributed by atoms with Crippen LogP contribution < -0.4 is 5.43 Å². The molecule has 1 fully saturated rings. The molecule has 2 aromatic rings. The number of benzene rings is 2. The van der Waals surface area contributed by atoms with Gasteiger partial charge in [-0.25, -0.2) is 0 Å². The van der Waals surface area contributed by atoms with Crippen LogP contribution in [0.15, 0.2) is 59.5 Å². The van der Waals surface area contributed by atoms with E-state index in [1.807, 2.05) is 42.5 Å². The molecule has 6 heteroatoms. The molecule has 1 heterocycles. The minimum Gasteiger partial charge on any atom is -0.273 e. The van der Waals surface area contributed by atoms with E-state index in [9.17, 15) is 9.59 Å². The molecule has 138 valence electrons. The first-order valence-electron chi connectivity index (χ1n) is 8.65. The van der Waals surface area contributed by atoms with Gasteiger partial charge in [0.05, 0.1) is 11.3 Å². The molecule has 2 aromatic carbocycles. The molecule has 1 saturated heterocycles. The zero-order valence-corrected chi connectivity index (χ0v) is 16.8. The Kier molecular flexibility index (Phi) is 6.08. The van der Waals surface area contributed by atoms with E-state index in [0.717, 1.165) is 16.1 Å². The summed E-state index contributed by atoms with van der Waals surface area (Å²) in [6, 6.07) is 17.4. The van der Waals surface area contributed by atoms with Crippen molar-refractivity contribution < 1.29 is 9.59 Å². The molecule has 0 atom stereocenters. The number of hydrogen-bond acceptors (Lipinski definition) is 4. The van der Waals surface area contributed by atoms with E-state index in [2.05, 4.69) is 31.4 Å². The predicted molar refractivity (Wildman–Crippen MR) is 114 cm³/mol. The quantitative estimate of drug-likeness (QED) is 0.605. The van der Waals surface area contributed by atoms with Gasteiger partial charge in [-0.2, -0.15) is 5.01 Å². The minimum atomic E-state index is -0.306. The van der Waals surface area contributed by atoms with Crippen LogP contribution in [0.3, 0.4) is 0 Å². The van der Waals surface area contributed by atoms with Gasteiger partial charge in [0.15, 0.2) is 4.32 Å². The van der Waals surface area contributed by atoms with E-state index in [-0.39, 0.29) is 18.2 Å². The zero-order valence-electron chi connectivity index (χ0n) is 15.1. The van der Waals surface area contributed by atoms with Crippen molar-refractivity contribution in [1.82, 2.24) is 10.4 Å². The highest BCUT2D eigenvalue weighted by Gasteiger charge is 2.33. The summed E-state index contributed by atoms with van der Waals surface area (Å²) in [6.45, 7) is 4.27. The lowest BCUT2D eigenvalue weighted by Gasteiger charge is -2.15. The summed E-state index contributed by atoms with van der Waals surface area (Å²) < 4.78 is 0.325. The normalized spacial score (nSPS) is 15.7. The Morgan fingerprint density at radius 2 is 1.81 bits per heavy atom. The number of nitrogens with zero attached hydrogens (tertiary/aromatic N) is 1. The van der Waals surface area contributed by atoms with Gasteiger partial charge < -0.3 is 0 Å². The molecule has 0 aromatic heterocycles. The number of carbonyl (C=O) groups excluding carboxylic acids is 2. The standard InChI is InChI=1S/C21H20N2O2S2/c1-14(2)17-10-8-16(9-11-17)12-18-20(25)23(21(26)27-18)22-19(24)13-15-6-4-3-5-7-15/h3-12,14H,13H2,1-2H3,(H,22,24). The van der Waals surface area contributed by atoms with Crippen molar-refractivity contribution in [2.24, 2.45) is 0 Å². The SMILES string of the molecule is CC(C)c1ccc(C=C2SC(=S)N(NC(=O)Cc3ccccc3)C2=O)cc1. The lowest BCUT2D eigenvalue weighted by Crippen LogP contribution is -2.45. The minimum absolute atomic E-state index is 0.188. The van der Waals surface area contributed by atoms with Gasteiger partial charge in [0, 0.05) is 0 Å². The first-order valence-corrected chi connectivity index (χ1v) is 9.88. The number of nitrogens with one attached hydrogen (secondary N) is 1. The Labute approximate surface area is 168 Å². The maximum atomic E-state index is 12.6. The number of thiocarbonyl (C=S) groups is 1. The molecule has 0 saturated carbocycles. The Morgan fingerprint density at radius 3 is 2.44 bits per heavy atom. The third-order valence-electron chi connectivity index (χ3n) is 4.14. The number of thioether (sulfide) groups is 1. The number of hydrazine groups is 1. The van der Waals surface area contributed by atoms with Crippen LogP contribution in [-0.2, 0) is 16.0 Å². The Morgan fingerprint density at radius 1 is 1.15 bits per heavy atom. The smallest absolute Gasteiger partial charge is 0.273 e. The van der Waals surface area contributed by atoms with Crippen molar-refractivity contribution in [3.63, 3.8) is 0 Å². The molecule has 4 nitrogen and oxygen atoms in total. The van der Waals surface area contributed by atoms with Gasteiger partial charge in [0.2, 0.25) is 5.91 Å². The molecular formula is C21H20N2O2S2. The molecule has 0 spiro atoms. The predicted octanol–water partition coefficient (Wildman–Crippen LogP) is 4.29. The maximum Gasteiger partial charge on any atom is 0.285 e. The second-order valence-electron chi connectivity index (χ2n) is 6.54. The maximum absolute atomic E-state index is 12.6. The van der Waals surface area contributed by atoms with Crippen molar-refractivity contribution in [3.8, 4) is 0 Å². The van der Waals surface area contributed by atoms with Gasteiger partial charge in [-0.05, 0) is 40.9 Å². The van der Waals surface area contributed by atoms with Crippen LogP contribution in [0.1, 0.15) is 36.5 Å². The molecule has 1 N–H and O–H groups in total. The third-order valence-corrected chi connectivity index (χ3v) is 5.44. The molecule has 0 bridgehead atoms. The van der Waals surface area contributed by atoms with Crippen LogP contribution in [0, 0.1) is 0 Å². The second kappa shape index (κ2) is 8.50. The fraction of sp³-hybridized carbons (Fsp3) is 0.190. The van der Waals surface area contributed by atoms with Gasteiger partial charge in [-0.15, -0.1) is 0 Å². The highest BCUT2D eigenvalue weighted by Crippen LogP contribution is 2.31. The van der Waals surface area contributed by atoms with E-state index < -0.39 is 0 Å². The fourth-order valence-electron chi connectivity index (χ4n) is 2.64. The van der Waals surface area contributed by atoms with Gasteiger partial charge in [0.25, 0.3) is 5.91 Å². The Bertz CT molecular complexity index is 890. The van der Waals surface area contributed by atoms with E-state index in [0.29, 0.717) is 15.1 Å². The number of hydrogen-bond donors (Lipinski definition) is 1. The highest BCUT2D eigenvalue weighted by atomic mass is 32.2. The second-order valence-corrected chi connectivity index (χ2v) is 8.21. The van der Waals surface area contributed by atoms with Gasteiger partial charge in [-0.1, -0.05) is 80.2 Å². The van der Waals surface area contributed by atoms with Crippen molar-refractivity contribution in [3.05, 3.63) is 76.2 Å². The average Bonchev–Trinajstić information content (AvgIpc) is 2.90. The summed E-state index contributed by atoms with van der Waals surface area (Å²) >= 11 is 6.45. The molecule has 0 unspecified atom stereocenters. The molecule has 0 radical (unpaired) electrons. The van der Waals surface area contributed by atoms with Crippen molar-refractivity contribution in [2.75, 3.05) is 0 Å². The fourth-order valence-corrected chi connectivity index (χ4v) is 3.82. The summed E-state index contributed by atoms with van der Waals surface area (Å²) in [7, 11) is 0. The highest BCUT2D eigenvalue weighted by molar-refractivity contribution is 8.26. The lowest BCUT2D eigenvalue weighted by molar-refractivity contribution is -0.132. The van der Waals surface area contributed by atoms with Crippen molar-refractivity contribution in [2.45, 2.75) is 26.2 Å². The summed E-state index contributed by atoms with van der Waals surface area (Å²) in [5, 5.41) is 1.15. The van der Waals surface area contributed by atoms with E-state index in [1.165, 1.54) is 17.3 Å². The van der Waals surface area contributed by atoms with Crippen LogP contribution in [0.25, 0.3) is 6.08 Å². The third kappa shape index (κ3) is 4.84. The van der Waals surface area contributed by atoms with Crippen molar-refractivity contribution in [1.29, 1.82) is 0 Å². The average molecular weight is 397 g/mol. The summed E-state index contributed by atoms with van der Waals surface area (Å²) in [4.78, 5) is 25.3. The monoisotopic (exact) mass is 396 g/mol. The Hall–Kier alpha value is -2.44. The van der Waals surface area contributed by atoms with Gasteiger partial charge in [0.1, 0.15) is 0 Å². The molecule has 2 amide bonds. The van der Waals surface area contributed by atoms with Crippen LogP contribution in [0.4, 0.5) is 0 Å². The largest absolute Gasteiger partial charge is 0.285 e. The Balaban J connectivity index is 1.68. The van der Waals surface area contributed by atoms with Crippen LogP contribution in [0.5, 0.6) is 0 Å². The molecule has 3 rings (SSSR count). The molecular weight excluding hydrogens is 376 g/mol. The number of carbonyl (C=O) groups is 2.